The number of imidazole rings is 2. The van der Waals surface area contributed by atoms with E-state index in [0.29, 0.717) is 68.6 Å². The summed E-state index contributed by atoms with van der Waals surface area (Å²) >= 11 is 12.7. The van der Waals surface area contributed by atoms with Crippen LogP contribution >= 0.6 is 23.2 Å². The zero-order chi connectivity index (χ0) is 44.3. The van der Waals surface area contributed by atoms with Crippen molar-refractivity contribution >= 4 is 52.6 Å². The molecule has 6 aliphatic heterocycles. The molecule has 2 aromatic carbocycles. The summed E-state index contributed by atoms with van der Waals surface area (Å²) in [6.45, 7) is 7.10. The first-order chi connectivity index (χ1) is 31.1. The highest BCUT2D eigenvalue weighted by Crippen LogP contribution is 2.37. The van der Waals surface area contributed by atoms with Crippen LogP contribution in [0.25, 0.3) is 45.6 Å². The summed E-state index contributed by atoms with van der Waals surface area (Å²) in [5.41, 5.74) is 15.7. The van der Waals surface area contributed by atoms with Crippen molar-refractivity contribution in [1.82, 2.24) is 43.4 Å². The number of hydrogen-bond donors (Lipinski definition) is 4. The SMILES string of the molecule is CN(C)C=CC(=O)c1c(-c2ccccc2Cl)nc2occn12.Clc1ccccc1-c1nc2occn2c1-c1ccnc(N[C@@H]2CN3CCC2CC3)n1.NC(N)=[NH+][C@@H]1CN2CCC1CC2.[Cl-]. The highest BCUT2D eigenvalue weighted by atomic mass is 35.5. The largest absolute Gasteiger partial charge is 1.00 e. The molecule has 6 aliphatic rings. The maximum absolute atomic E-state index is 12.6. The number of carbonyl (C=O) groups excluding carboxylic acids is 1. The number of rotatable bonds is 9. The van der Waals surface area contributed by atoms with E-state index < -0.39 is 0 Å². The molecule has 4 bridgehead atoms. The van der Waals surface area contributed by atoms with Gasteiger partial charge in [0.2, 0.25) is 11.7 Å². The normalized spacial score (nSPS) is 21.8. The van der Waals surface area contributed by atoms with Crippen LogP contribution in [0.15, 0.2) is 107 Å². The Morgan fingerprint density at radius 2 is 1.38 bits per heavy atom. The first-order valence-electron chi connectivity index (χ1n) is 21.6. The Labute approximate surface area is 392 Å². The second-order valence-electron chi connectivity index (χ2n) is 16.8. The standard InChI is InChI=1S/C22H21ClN6O.C16H14ClN3O2.C8H16N4.ClH/c23-16-4-2-1-3-15(16)19-20(29-11-12-30-22(29)27-19)17-5-8-24-21(25-17)26-18-13-28-9-6-14(18)7-10-28;1-19(2)8-7-13(21)15-14(11-5-3-4-6-12(11)17)18-16-20(15)9-10-22-16;9-8(10)11-7-5-12-3-1-6(7)2-4-12;/h1-5,8,11-12,14,18H,6-7,9-10,13H2,(H,24,25,26);3-10H,1-2H3;6-7H,1-5H2,(H4,9,10,11);1H/t18-;;7-;/m1.1./s1. The van der Waals surface area contributed by atoms with Gasteiger partial charge in [0.15, 0.2) is 0 Å². The molecule has 6 N–H and O–H groups in total. The molecule has 0 radical (unpaired) electrons. The summed E-state index contributed by atoms with van der Waals surface area (Å²) in [7, 11) is 3.70. The third-order valence-electron chi connectivity index (χ3n) is 12.4. The number of nitrogens with two attached hydrogens (primary N) is 2. The minimum absolute atomic E-state index is 0. The molecule has 65 heavy (non-hydrogen) atoms. The van der Waals surface area contributed by atoms with Gasteiger partial charge < -0.3 is 36.4 Å². The van der Waals surface area contributed by atoms with Crippen molar-refractivity contribution in [3.05, 3.63) is 114 Å². The van der Waals surface area contributed by atoms with Crippen molar-refractivity contribution in [1.29, 1.82) is 0 Å². The second-order valence-corrected chi connectivity index (χ2v) is 17.6. The number of nitrogens with zero attached hydrogens (tertiary/aromatic N) is 9. The minimum Gasteiger partial charge on any atom is -1.00 e. The minimum atomic E-state index is -0.169. The first-order valence-corrected chi connectivity index (χ1v) is 22.3. The third-order valence-corrected chi connectivity index (χ3v) is 13.1. The van der Waals surface area contributed by atoms with Gasteiger partial charge in [0, 0.05) is 75.2 Å². The Hall–Kier alpha value is -5.91. The van der Waals surface area contributed by atoms with Crippen LogP contribution in [0.5, 0.6) is 0 Å². The lowest BCUT2D eigenvalue weighted by Gasteiger charge is -2.44. The van der Waals surface area contributed by atoms with Gasteiger partial charge >= 0.3 is 17.6 Å². The molecule has 13 rings (SSSR count). The lowest BCUT2D eigenvalue weighted by molar-refractivity contribution is -0.524. The van der Waals surface area contributed by atoms with Crippen LogP contribution in [0.2, 0.25) is 10.0 Å². The molecule has 0 amide bonds. The maximum atomic E-state index is 12.6. The first kappa shape index (κ1) is 45.7. The fourth-order valence-electron chi connectivity index (χ4n) is 9.23. The molecule has 6 saturated heterocycles. The van der Waals surface area contributed by atoms with E-state index in [0.717, 1.165) is 41.7 Å². The fourth-order valence-corrected chi connectivity index (χ4v) is 9.68. The van der Waals surface area contributed by atoms with Crippen LogP contribution < -0.4 is 34.2 Å². The van der Waals surface area contributed by atoms with E-state index in [1.54, 1.807) is 40.2 Å². The fraction of sp³-hybridized carbons (Fsp3) is 0.348. The Kier molecular flexibility index (Phi) is 14.1. The maximum Gasteiger partial charge on any atom is 0.339 e. The van der Waals surface area contributed by atoms with Crippen molar-refractivity contribution < 1.29 is 31.0 Å². The van der Waals surface area contributed by atoms with Crippen LogP contribution in [0.4, 0.5) is 5.95 Å². The quantitative estimate of drug-likeness (QED) is 0.0714. The molecule has 7 aromatic rings. The van der Waals surface area contributed by atoms with Crippen molar-refractivity contribution in [3.8, 4) is 33.9 Å². The number of anilines is 1. The van der Waals surface area contributed by atoms with E-state index in [4.69, 9.17) is 48.5 Å². The molecule has 0 saturated carbocycles. The van der Waals surface area contributed by atoms with Gasteiger partial charge in [-0.15, -0.1) is 0 Å². The van der Waals surface area contributed by atoms with E-state index in [-0.39, 0.29) is 18.2 Å². The summed E-state index contributed by atoms with van der Waals surface area (Å²) in [6.07, 6.45) is 16.7. The number of guanidine groups is 1. The highest BCUT2D eigenvalue weighted by molar-refractivity contribution is 6.34. The van der Waals surface area contributed by atoms with E-state index >= 15 is 0 Å². The molecule has 19 heteroatoms. The van der Waals surface area contributed by atoms with Gasteiger partial charge in [-0.05, 0) is 81.9 Å². The average Bonchev–Trinajstić information content (AvgIpc) is 4.10. The van der Waals surface area contributed by atoms with Crippen LogP contribution in [0.3, 0.4) is 0 Å². The van der Waals surface area contributed by atoms with Gasteiger partial charge in [0.05, 0.1) is 21.8 Å². The molecule has 0 unspecified atom stereocenters. The lowest BCUT2D eigenvalue weighted by atomic mass is 9.84. The van der Waals surface area contributed by atoms with Crippen molar-refractivity contribution in [3.63, 3.8) is 0 Å². The summed E-state index contributed by atoms with van der Waals surface area (Å²) in [5, 5.41) is 4.76. The van der Waals surface area contributed by atoms with Gasteiger partial charge in [-0.25, -0.2) is 9.97 Å². The van der Waals surface area contributed by atoms with Crippen molar-refractivity contribution in [2.45, 2.75) is 37.8 Å². The molecule has 0 spiro atoms. The average molecular weight is 941 g/mol. The molecular formula is C46H52Cl3N13O3. The number of allylic oxidation sites excluding steroid dienone is 1. The number of fused-ring (bicyclic) bond motifs is 8. The third kappa shape index (κ3) is 10.0. The summed E-state index contributed by atoms with van der Waals surface area (Å²) in [6, 6.07) is 17.8. The second kappa shape index (κ2) is 20.1. The van der Waals surface area contributed by atoms with Crippen LogP contribution in [0, 0.1) is 11.8 Å². The Balaban J connectivity index is 0.000000144. The molecule has 5 aromatic heterocycles. The van der Waals surface area contributed by atoms with Crippen molar-refractivity contribution in [2.24, 2.45) is 23.3 Å². The van der Waals surface area contributed by atoms with E-state index in [1.807, 2.05) is 73.2 Å². The Bertz CT molecular complexity index is 2790. The summed E-state index contributed by atoms with van der Waals surface area (Å²) in [4.78, 5) is 40.9. The van der Waals surface area contributed by atoms with E-state index in [9.17, 15) is 4.79 Å². The monoisotopic (exact) mass is 939 g/mol. The number of halogens is 3. The number of aromatic nitrogens is 6. The van der Waals surface area contributed by atoms with Gasteiger partial charge in [-0.2, -0.15) is 9.97 Å². The van der Waals surface area contributed by atoms with E-state index in [2.05, 4.69) is 35.1 Å². The van der Waals surface area contributed by atoms with Gasteiger partial charge in [-0.1, -0.05) is 59.6 Å². The van der Waals surface area contributed by atoms with Gasteiger partial charge in [0.1, 0.15) is 35.3 Å². The number of oxazole rings is 2. The molecule has 2 atom stereocenters. The Morgan fingerprint density at radius 1 is 0.800 bits per heavy atom. The highest BCUT2D eigenvalue weighted by Gasteiger charge is 2.36. The smallest absolute Gasteiger partial charge is 0.339 e. The van der Waals surface area contributed by atoms with Crippen LogP contribution in [0.1, 0.15) is 36.2 Å². The van der Waals surface area contributed by atoms with Crippen LogP contribution in [-0.2, 0) is 0 Å². The lowest BCUT2D eigenvalue weighted by Crippen LogP contribution is -3.00. The van der Waals surface area contributed by atoms with Crippen molar-refractivity contribution in [2.75, 3.05) is 58.7 Å². The van der Waals surface area contributed by atoms with E-state index in [1.165, 1.54) is 64.2 Å². The molecule has 6 fully saturated rings. The molecule has 16 nitrogen and oxygen atoms in total. The van der Waals surface area contributed by atoms with Gasteiger partial charge in [-0.3, -0.25) is 35.0 Å². The predicted octanol–water partition coefficient (Wildman–Crippen LogP) is 2.16. The van der Waals surface area contributed by atoms with Crippen LogP contribution in [-0.4, -0.2) is 121 Å². The predicted molar refractivity (Wildman–Crippen MR) is 248 cm³/mol. The molecular weight excluding hydrogens is 889 g/mol. The summed E-state index contributed by atoms with van der Waals surface area (Å²) < 4.78 is 14.4. The molecule has 0 aliphatic carbocycles. The molecule has 11 heterocycles. The zero-order valence-corrected chi connectivity index (χ0v) is 38.4. The number of ketones is 1. The Morgan fingerprint density at radius 3 is 1.97 bits per heavy atom. The number of piperidine rings is 6. The number of carbonyl (C=O) groups is 1. The van der Waals surface area contributed by atoms with Gasteiger partial charge in [0.25, 0.3) is 0 Å². The molecule has 340 valence electrons. The number of benzene rings is 2. The number of nitrogens with one attached hydrogen (secondary N) is 2. The zero-order valence-electron chi connectivity index (χ0n) is 36.2. The number of hydrogen-bond acceptors (Lipinski definition) is 11. The summed E-state index contributed by atoms with van der Waals surface area (Å²) in [5.74, 6) is 3.19. The topological polar surface area (TPSA) is 191 Å².